The van der Waals surface area contributed by atoms with Crippen LogP contribution < -0.4 is 4.74 Å². The van der Waals surface area contributed by atoms with Gasteiger partial charge in [-0.1, -0.05) is 5.16 Å². The van der Waals surface area contributed by atoms with Crippen molar-refractivity contribution in [2.45, 2.75) is 19.3 Å². The first kappa shape index (κ1) is 12.7. The van der Waals surface area contributed by atoms with Crippen molar-refractivity contribution in [3.05, 3.63) is 47.3 Å². The zero-order valence-corrected chi connectivity index (χ0v) is 11.4. The van der Waals surface area contributed by atoms with Crippen molar-refractivity contribution < 1.29 is 9.94 Å². The lowest BCUT2D eigenvalue weighted by molar-refractivity contribution is 0.317. The minimum atomic E-state index is 0.624. The zero-order chi connectivity index (χ0) is 13.9. The van der Waals surface area contributed by atoms with E-state index >= 15 is 0 Å². The first-order chi connectivity index (χ1) is 9.78. The molecule has 2 aromatic rings. The molecule has 3 rings (SSSR count). The summed E-state index contributed by atoms with van der Waals surface area (Å²) in [7, 11) is 1.93. The molecule has 0 bridgehead atoms. The second-order valence-corrected chi connectivity index (χ2v) is 4.91. The summed E-state index contributed by atoms with van der Waals surface area (Å²) >= 11 is 0. The molecule has 1 aliphatic carbocycles. The summed E-state index contributed by atoms with van der Waals surface area (Å²) in [6.45, 7) is 0.624. The van der Waals surface area contributed by atoms with Gasteiger partial charge in [0.1, 0.15) is 5.75 Å². The van der Waals surface area contributed by atoms with Gasteiger partial charge in [-0.15, -0.1) is 0 Å². The molecule has 5 nitrogen and oxygen atoms in total. The lowest BCUT2D eigenvalue weighted by Crippen LogP contribution is -2.06. The third kappa shape index (κ3) is 2.39. The van der Waals surface area contributed by atoms with Crippen molar-refractivity contribution in [3.63, 3.8) is 0 Å². The lowest BCUT2D eigenvalue weighted by atomic mass is 10.1. The van der Waals surface area contributed by atoms with Gasteiger partial charge in [-0.25, -0.2) is 0 Å². The predicted octanol–water partition coefficient (Wildman–Crippen LogP) is 2.17. The fraction of sp³-hybridized carbons (Fsp3) is 0.333. The van der Waals surface area contributed by atoms with Crippen LogP contribution >= 0.6 is 0 Å². The molecule has 104 valence electrons. The molecule has 0 atom stereocenters. The maximum atomic E-state index is 8.90. The van der Waals surface area contributed by atoms with Gasteiger partial charge in [-0.3, -0.25) is 4.68 Å². The Morgan fingerprint density at radius 3 is 3.00 bits per heavy atom. The van der Waals surface area contributed by atoms with Crippen LogP contribution in [0.25, 0.3) is 0 Å². The Morgan fingerprint density at radius 1 is 1.35 bits per heavy atom. The second kappa shape index (κ2) is 5.36. The summed E-state index contributed by atoms with van der Waals surface area (Å²) in [6, 6.07) is 7.93. The molecule has 0 amide bonds. The maximum Gasteiger partial charge on any atom is 0.119 e. The van der Waals surface area contributed by atoms with E-state index in [1.54, 1.807) is 6.20 Å². The molecular weight excluding hydrogens is 254 g/mol. The molecule has 1 aromatic heterocycles. The van der Waals surface area contributed by atoms with Crippen LogP contribution in [-0.2, 0) is 19.9 Å². The molecule has 1 aromatic carbocycles. The number of nitrogens with zero attached hydrogens (tertiary/aromatic N) is 3. The van der Waals surface area contributed by atoms with E-state index in [-0.39, 0.29) is 0 Å². The quantitative estimate of drug-likeness (QED) is 0.685. The van der Waals surface area contributed by atoms with Gasteiger partial charge >= 0.3 is 0 Å². The number of ether oxygens (including phenoxy) is 1. The number of aromatic nitrogens is 2. The maximum absolute atomic E-state index is 8.90. The Balaban J connectivity index is 1.63. The van der Waals surface area contributed by atoms with Crippen molar-refractivity contribution in [2.75, 3.05) is 6.61 Å². The van der Waals surface area contributed by atoms with Crippen LogP contribution in [0.5, 0.6) is 5.75 Å². The van der Waals surface area contributed by atoms with Crippen molar-refractivity contribution in [1.29, 1.82) is 0 Å². The van der Waals surface area contributed by atoms with Crippen LogP contribution in [0.4, 0.5) is 0 Å². The molecule has 1 heterocycles. The normalized spacial score (nSPS) is 15.6. The molecule has 0 fully saturated rings. The van der Waals surface area contributed by atoms with Gasteiger partial charge in [-0.05, 0) is 42.7 Å². The predicted molar refractivity (Wildman–Crippen MR) is 75.5 cm³/mol. The Hall–Kier alpha value is -2.30. The molecule has 5 heteroatoms. The summed E-state index contributed by atoms with van der Waals surface area (Å²) in [5.74, 6) is 0.866. The molecule has 0 saturated heterocycles. The second-order valence-electron chi connectivity index (χ2n) is 4.91. The Bertz CT molecular complexity index is 646. The summed E-state index contributed by atoms with van der Waals surface area (Å²) in [5.41, 5.74) is 4.14. The monoisotopic (exact) mass is 271 g/mol. The van der Waals surface area contributed by atoms with Crippen LogP contribution in [0, 0.1) is 0 Å². The van der Waals surface area contributed by atoms with E-state index < -0.39 is 0 Å². The Labute approximate surface area is 117 Å². The van der Waals surface area contributed by atoms with Crippen LogP contribution in [0.3, 0.4) is 0 Å². The van der Waals surface area contributed by atoms with E-state index in [2.05, 4.69) is 10.3 Å². The SMILES string of the molecule is Cn1nccc1CCOc1ccc2c(c1)CC/C2=N\O. The molecule has 0 radical (unpaired) electrons. The van der Waals surface area contributed by atoms with Crippen LogP contribution in [-0.4, -0.2) is 27.3 Å². The van der Waals surface area contributed by atoms with Gasteiger partial charge in [0.2, 0.25) is 0 Å². The van der Waals surface area contributed by atoms with Gasteiger partial charge in [-0.2, -0.15) is 5.10 Å². The number of benzene rings is 1. The van der Waals surface area contributed by atoms with Crippen LogP contribution in [0.2, 0.25) is 0 Å². The lowest BCUT2D eigenvalue weighted by Gasteiger charge is -2.08. The van der Waals surface area contributed by atoms with E-state index in [1.807, 2.05) is 36.0 Å². The number of oxime groups is 1. The first-order valence-electron chi connectivity index (χ1n) is 6.72. The smallest absolute Gasteiger partial charge is 0.119 e. The minimum absolute atomic E-state index is 0.624. The highest BCUT2D eigenvalue weighted by atomic mass is 16.5. The van der Waals surface area contributed by atoms with Crippen molar-refractivity contribution >= 4 is 5.71 Å². The average Bonchev–Trinajstić information content (AvgIpc) is 3.05. The van der Waals surface area contributed by atoms with E-state index in [4.69, 9.17) is 9.94 Å². The van der Waals surface area contributed by atoms with Crippen molar-refractivity contribution in [2.24, 2.45) is 12.2 Å². The molecule has 1 N–H and O–H groups in total. The third-order valence-electron chi connectivity index (χ3n) is 3.69. The number of fused-ring (bicyclic) bond motifs is 1. The summed E-state index contributed by atoms with van der Waals surface area (Å²) in [6.07, 6.45) is 4.33. The van der Waals surface area contributed by atoms with Crippen molar-refractivity contribution in [1.82, 2.24) is 9.78 Å². The average molecular weight is 271 g/mol. The third-order valence-corrected chi connectivity index (χ3v) is 3.69. The highest BCUT2D eigenvalue weighted by Crippen LogP contribution is 2.26. The molecule has 0 spiro atoms. The van der Waals surface area contributed by atoms with Crippen LogP contribution in [0.15, 0.2) is 35.6 Å². The summed E-state index contributed by atoms with van der Waals surface area (Å²) < 4.78 is 7.64. The largest absolute Gasteiger partial charge is 0.493 e. The first-order valence-corrected chi connectivity index (χ1v) is 6.72. The summed E-state index contributed by atoms with van der Waals surface area (Å²) in [4.78, 5) is 0. The zero-order valence-electron chi connectivity index (χ0n) is 11.4. The molecule has 20 heavy (non-hydrogen) atoms. The van der Waals surface area contributed by atoms with E-state index in [1.165, 1.54) is 5.56 Å². The minimum Gasteiger partial charge on any atom is -0.493 e. The Morgan fingerprint density at radius 2 is 2.25 bits per heavy atom. The van der Waals surface area contributed by atoms with Gasteiger partial charge in [0.15, 0.2) is 0 Å². The van der Waals surface area contributed by atoms with Crippen LogP contribution in [0.1, 0.15) is 23.2 Å². The number of aryl methyl sites for hydroxylation is 2. The fourth-order valence-electron chi connectivity index (χ4n) is 2.56. The van der Waals surface area contributed by atoms with E-state index in [9.17, 15) is 0 Å². The molecule has 0 aliphatic heterocycles. The number of hydrogen-bond donors (Lipinski definition) is 1. The number of hydrogen-bond acceptors (Lipinski definition) is 4. The van der Waals surface area contributed by atoms with Gasteiger partial charge in [0, 0.05) is 30.9 Å². The summed E-state index contributed by atoms with van der Waals surface area (Å²) in [5, 5.41) is 16.4. The molecule has 1 aliphatic rings. The molecular formula is C15H17N3O2. The highest BCUT2D eigenvalue weighted by molar-refractivity contribution is 6.04. The van der Waals surface area contributed by atoms with E-state index in [0.29, 0.717) is 6.61 Å². The number of rotatable bonds is 4. The van der Waals surface area contributed by atoms with Crippen molar-refractivity contribution in [3.8, 4) is 5.75 Å². The Kier molecular flexibility index (Phi) is 3.41. The topological polar surface area (TPSA) is 59.6 Å². The standard InChI is InChI=1S/C15H17N3O2/c1-18-12(6-8-16-18)7-9-20-13-3-4-14-11(10-13)2-5-15(14)17-19/h3-4,6,8,10,19H,2,5,7,9H2,1H3/b17-15+. The van der Waals surface area contributed by atoms with Gasteiger partial charge in [0.05, 0.1) is 12.3 Å². The van der Waals surface area contributed by atoms with E-state index in [0.717, 1.165) is 42.0 Å². The molecule has 0 unspecified atom stereocenters. The fourth-order valence-corrected chi connectivity index (χ4v) is 2.56. The molecule has 0 saturated carbocycles. The van der Waals surface area contributed by atoms with Gasteiger partial charge in [0.25, 0.3) is 0 Å². The highest BCUT2D eigenvalue weighted by Gasteiger charge is 2.18. The van der Waals surface area contributed by atoms with Gasteiger partial charge < -0.3 is 9.94 Å².